The largest absolute Gasteiger partial charge is 0.378 e. The number of aromatic nitrogens is 3. The van der Waals surface area contributed by atoms with Gasteiger partial charge in [0, 0.05) is 12.5 Å². The highest BCUT2D eigenvalue weighted by atomic mass is 32.2. The zero-order valence-corrected chi connectivity index (χ0v) is 10.6. The second-order valence-corrected chi connectivity index (χ2v) is 5.67. The summed E-state index contributed by atoms with van der Waals surface area (Å²) in [5, 5.41) is 3.16. The first kappa shape index (κ1) is 12.4. The molecule has 0 saturated heterocycles. The SMILES string of the molecule is CS(=O)(=O)c1ccc(NCc2ccncn2)cn1. The maximum Gasteiger partial charge on any atom is 0.192 e. The Labute approximate surface area is 105 Å². The van der Waals surface area contributed by atoms with Crippen LogP contribution in [0.3, 0.4) is 0 Å². The molecule has 0 spiro atoms. The molecule has 2 rings (SSSR count). The van der Waals surface area contributed by atoms with Crippen molar-refractivity contribution in [1.29, 1.82) is 0 Å². The third-order valence-corrected chi connectivity index (χ3v) is 3.23. The molecule has 0 aliphatic carbocycles. The van der Waals surface area contributed by atoms with Gasteiger partial charge in [0.2, 0.25) is 0 Å². The lowest BCUT2D eigenvalue weighted by molar-refractivity contribution is 0.598. The van der Waals surface area contributed by atoms with Crippen LogP contribution >= 0.6 is 0 Å². The van der Waals surface area contributed by atoms with E-state index in [9.17, 15) is 8.42 Å². The van der Waals surface area contributed by atoms with Gasteiger partial charge in [0.05, 0.1) is 24.1 Å². The van der Waals surface area contributed by atoms with Gasteiger partial charge in [-0.15, -0.1) is 0 Å². The van der Waals surface area contributed by atoms with Crippen LogP contribution in [0.2, 0.25) is 0 Å². The van der Waals surface area contributed by atoms with Gasteiger partial charge < -0.3 is 5.32 Å². The van der Waals surface area contributed by atoms with Gasteiger partial charge in [-0.3, -0.25) is 0 Å². The van der Waals surface area contributed by atoms with E-state index in [4.69, 9.17) is 0 Å². The summed E-state index contributed by atoms with van der Waals surface area (Å²) in [6.45, 7) is 0.530. The van der Waals surface area contributed by atoms with Gasteiger partial charge in [0.25, 0.3) is 0 Å². The van der Waals surface area contributed by atoms with Crippen LogP contribution in [-0.4, -0.2) is 29.6 Å². The van der Waals surface area contributed by atoms with Crippen molar-refractivity contribution in [2.24, 2.45) is 0 Å². The molecule has 0 unspecified atom stereocenters. The number of pyridine rings is 1. The lowest BCUT2D eigenvalue weighted by Crippen LogP contribution is -2.04. The van der Waals surface area contributed by atoms with Gasteiger partial charge in [0.1, 0.15) is 6.33 Å². The molecule has 2 aromatic rings. The monoisotopic (exact) mass is 264 g/mol. The Morgan fingerprint density at radius 2 is 2.06 bits per heavy atom. The zero-order valence-electron chi connectivity index (χ0n) is 9.74. The minimum Gasteiger partial charge on any atom is -0.378 e. The standard InChI is InChI=1S/C11H12N4O2S/c1-18(16,17)11-3-2-9(7-14-11)13-6-10-4-5-12-8-15-10/h2-5,7-8,13H,6H2,1H3. The lowest BCUT2D eigenvalue weighted by Gasteiger charge is -2.05. The fourth-order valence-electron chi connectivity index (χ4n) is 1.32. The van der Waals surface area contributed by atoms with Gasteiger partial charge in [-0.1, -0.05) is 0 Å². The summed E-state index contributed by atoms with van der Waals surface area (Å²) in [5.74, 6) is 0. The van der Waals surface area contributed by atoms with E-state index in [0.29, 0.717) is 6.54 Å². The third-order valence-electron chi connectivity index (χ3n) is 2.23. The fraction of sp³-hybridized carbons (Fsp3) is 0.182. The first-order valence-electron chi connectivity index (χ1n) is 5.20. The van der Waals surface area contributed by atoms with Crippen LogP contribution in [0.15, 0.2) is 41.9 Å². The van der Waals surface area contributed by atoms with Crippen LogP contribution in [0.5, 0.6) is 0 Å². The van der Waals surface area contributed by atoms with E-state index >= 15 is 0 Å². The van der Waals surface area contributed by atoms with Crippen molar-refractivity contribution in [2.45, 2.75) is 11.6 Å². The van der Waals surface area contributed by atoms with E-state index in [0.717, 1.165) is 17.6 Å². The third kappa shape index (κ3) is 3.24. The highest BCUT2D eigenvalue weighted by Crippen LogP contribution is 2.10. The quantitative estimate of drug-likeness (QED) is 0.882. The molecule has 0 aliphatic rings. The predicted octanol–water partition coefficient (Wildman–Crippen LogP) is 0.887. The molecule has 6 nitrogen and oxygen atoms in total. The Bertz CT molecular complexity index is 611. The van der Waals surface area contributed by atoms with Crippen molar-refractivity contribution in [3.8, 4) is 0 Å². The Morgan fingerprint density at radius 3 is 2.61 bits per heavy atom. The summed E-state index contributed by atoms with van der Waals surface area (Å²) in [6, 6.07) is 4.94. The van der Waals surface area contributed by atoms with Gasteiger partial charge >= 0.3 is 0 Å². The van der Waals surface area contributed by atoms with E-state index in [1.54, 1.807) is 18.3 Å². The van der Waals surface area contributed by atoms with Gasteiger partial charge in [-0.25, -0.2) is 23.4 Å². The van der Waals surface area contributed by atoms with E-state index in [-0.39, 0.29) is 5.03 Å². The topological polar surface area (TPSA) is 84.8 Å². The molecule has 0 saturated carbocycles. The molecule has 0 amide bonds. The fourth-order valence-corrected chi connectivity index (χ4v) is 1.88. The van der Waals surface area contributed by atoms with Crippen LogP contribution < -0.4 is 5.32 Å². The number of sulfone groups is 1. The predicted molar refractivity (Wildman–Crippen MR) is 66.7 cm³/mol. The number of nitrogens with zero attached hydrogens (tertiary/aromatic N) is 3. The highest BCUT2D eigenvalue weighted by Gasteiger charge is 2.07. The number of hydrogen-bond acceptors (Lipinski definition) is 6. The first-order valence-corrected chi connectivity index (χ1v) is 7.10. The smallest absolute Gasteiger partial charge is 0.192 e. The molecule has 94 valence electrons. The van der Waals surface area contributed by atoms with E-state index in [1.807, 2.05) is 0 Å². The highest BCUT2D eigenvalue weighted by molar-refractivity contribution is 7.90. The van der Waals surface area contributed by atoms with E-state index < -0.39 is 9.84 Å². The van der Waals surface area contributed by atoms with E-state index in [1.165, 1.54) is 18.6 Å². The van der Waals surface area contributed by atoms with Crippen molar-refractivity contribution in [1.82, 2.24) is 15.0 Å². The Kier molecular flexibility index (Phi) is 3.52. The maximum atomic E-state index is 11.2. The van der Waals surface area contributed by atoms with Crippen LogP contribution in [0, 0.1) is 0 Å². The van der Waals surface area contributed by atoms with Crippen LogP contribution in [0.1, 0.15) is 5.69 Å². The molecule has 2 heterocycles. The van der Waals surface area contributed by atoms with Crippen molar-refractivity contribution >= 4 is 15.5 Å². The van der Waals surface area contributed by atoms with Crippen LogP contribution in [0.25, 0.3) is 0 Å². The average Bonchev–Trinajstić information content (AvgIpc) is 2.37. The molecule has 0 fully saturated rings. The number of anilines is 1. The average molecular weight is 264 g/mol. The number of hydrogen-bond donors (Lipinski definition) is 1. The van der Waals surface area contributed by atoms with Gasteiger partial charge in [-0.2, -0.15) is 0 Å². The second-order valence-electron chi connectivity index (χ2n) is 3.71. The van der Waals surface area contributed by atoms with Crippen molar-refractivity contribution in [2.75, 3.05) is 11.6 Å². The molecule has 1 N–H and O–H groups in total. The summed E-state index contributed by atoms with van der Waals surface area (Å²) in [7, 11) is -3.25. The Balaban J connectivity index is 2.03. The molecular formula is C11H12N4O2S. The molecule has 7 heteroatoms. The maximum absolute atomic E-state index is 11.2. The Hall–Kier alpha value is -2.02. The van der Waals surface area contributed by atoms with Crippen molar-refractivity contribution in [3.63, 3.8) is 0 Å². The van der Waals surface area contributed by atoms with E-state index in [2.05, 4.69) is 20.3 Å². The molecule has 0 aromatic carbocycles. The molecule has 2 aromatic heterocycles. The van der Waals surface area contributed by atoms with Gasteiger partial charge in [-0.05, 0) is 18.2 Å². The summed E-state index contributed by atoms with van der Waals surface area (Å²) >= 11 is 0. The van der Waals surface area contributed by atoms with Crippen LogP contribution in [0.4, 0.5) is 5.69 Å². The minimum absolute atomic E-state index is 0.0649. The van der Waals surface area contributed by atoms with Crippen molar-refractivity contribution in [3.05, 3.63) is 42.6 Å². The summed E-state index contributed by atoms with van der Waals surface area (Å²) < 4.78 is 22.4. The minimum atomic E-state index is -3.25. The summed E-state index contributed by atoms with van der Waals surface area (Å²) in [6.07, 6.45) is 5.75. The van der Waals surface area contributed by atoms with Gasteiger partial charge in [0.15, 0.2) is 14.9 Å². The number of nitrogens with one attached hydrogen (secondary N) is 1. The molecular weight excluding hydrogens is 252 g/mol. The summed E-state index contributed by atoms with van der Waals surface area (Å²) in [4.78, 5) is 11.8. The zero-order chi connectivity index (χ0) is 13.0. The molecule has 0 bridgehead atoms. The molecule has 0 radical (unpaired) electrons. The molecule has 0 aliphatic heterocycles. The second kappa shape index (κ2) is 5.09. The molecule has 18 heavy (non-hydrogen) atoms. The molecule has 0 atom stereocenters. The normalized spacial score (nSPS) is 11.2. The summed E-state index contributed by atoms with van der Waals surface area (Å²) in [5.41, 5.74) is 1.58. The first-order chi connectivity index (χ1) is 8.55. The number of rotatable bonds is 4. The van der Waals surface area contributed by atoms with Crippen molar-refractivity contribution < 1.29 is 8.42 Å². The van der Waals surface area contributed by atoms with Crippen LogP contribution in [-0.2, 0) is 16.4 Å². The lowest BCUT2D eigenvalue weighted by atomic mass is 10.3. The Morgan fingerprint density at radius 1 is 1.22 bits per heavy atom.